The summed E-state index contributed by atoms with van der Waals surface area (Å²) in [7, 11) is 0. The lowest BCUT2D eigenvalue weighted by Gasteiger charge is -2.61. The third kappa shape index (κ3) is 2.75. The molecule has 0 spiro atoms. The lowest BCUT2D eigenvalue weighted by molar-refractivity contribution is -0.108. The van der Waals surface area contributed by atoms with Gasteiger partial charge in [-0.25, -0.2) is 0 Å². The third-order valence-corrected chi connectivity index (χ3v) is 10.1. The topological polar surface area (TPSA) is 20.2 Å². The van der Waals surface area contributed by atoms with Crippen LogP contribution in [0.2, 0.25) is 0 Å². The Morgan fingerprint density at radius 3 is 2.54 bits per heavy atom. The van der Waals surface area contributed by atoms with Gasteiger partial charge in [0.05, 0.1) is 5.60 Å². The first-order valence-electron chi connectivity index (χ1n) is 11.7. The fraction of sp³-hybridized carbons (Fsp3) is 0.920. The van der Waals surface area contributed by atoms with Crippen LogP contribution in [0.3, 0.4) is 0 Å². The molecule has 0 aromatic carbocycles. The highest BCUT2D eigenvalue weighted by Gasteiger charge is 2.58. The van der Waals surface area contributed by atoms with E-state index >= 15 is 0 Å². The van der Waals surface area contributed by atoms with Gasteiger partial charge in [-0.1, -0.05) is 38.8 Å². The van der Waals surface area contributed by atoms with Gasteiger partial charge in [0.1, 0.15) is 0 Å². The number of rotatable bonds is 1. The van der Waals surface area contributed by atoms with E-state index < -0.39 is 0 Å². The van der Waals surface area contributed by atoms with Crippen molar-refractivity contribution in [2.45, 2.75) is 110 Å². The number of fused-ring (bicyclic) bond motifs is 5. The Balaban J connectivity index is 1.63. The van der Waals surface area contributed by atoms with Gasteiger partial charge in [-0.15, -0.1) is 0 Å². The van der Waals surface area contributed by atoms with Gasteiger partial charge >= 0.3 is 0 Å². The molecule has 0 radical (unpaired) electrons. The summed E-state index contributed by atoms with van der Waals surface area (Å²) in [4.78, 5) is 0. The molecule has 4 aliphatic rings. The summed E-state index contributed by atoms with van der Waals surface area (Å²) in [5.41, 5.74) is 2.38. The second-order valence-electron chi connectivity index (χ2n) is 11.0. The molecule has 4 saturated carbocycles. The molecule has 0 bridgehead atoms. The van der Waals surface area contributed by atoms with Crippen molar-refractivity contribution in [1.29, 1.82) is 0 Å². The Morgan fingerprint density at radius 1 is 1.00 bits per heavy atom. The Morgan fingerprint density at radius 2 is 1.81 bits per heavy atom. The summed E-state index contributed by atoms with van der Waals surface area (Å²) < 4.78 is 0. The van der Waals surface area contributed by atoms with Gasteiger partial charge in [-0.3, -0.25) is 0 Å². The second kappa shape index (κ2) is 6.64. The Bertz CT molecular complexity index is 565. The van der Waals surface area contributed by atoms with E-state index in [0.717, 1.165) is 42.9 Å². The Labute approximate surface area is 162 Å². The molecule has 0 aromatic rings. The molecular weight excluding hydrogens is 316 g/mol. The van der Waals surface area contributed by atoms with Crippen molar-refractivity contribution in [1.82, 2.24) is 0 Å². The summed E-state index contributed by atoms with van der Waals surface area (Å²) in [5, 5.41) is 11.1. The largest absolute Gasteiger partial charge is 0.390 e. The van der Waals surface area contributed by atoms with Gasteiger partial charge in [0.25, 0.3) is 0 Å². The van der Waals surface area contributed by atoms with Gasteiger partial charge in [0.2, 0.25) is 0 Å². The van der Waals surface area contributed by atoms with Crippen LogP contribution in [-0.4, -0.2) is 10.7 Å². The lowest BCUT2D eigenvalue weighted by Crippen LogP contribution is -2.53. The average Bonchev–Trinajstić information content (AvgIpc) is 2.76. The van der Waals surface area contributed by atoms with Crippen molar-refractivity contribution in [2.24, 2.45) is 34.5 Å². The SMILES string of the molecule is C/C=C1/CCC[C@H]2[C@@H]3CC[C@H]4C[C@@](O)(CC)CCC[C@]4(C)[C@H]3CC[C@]12C. The average molecular weight is 359 g/mol. The third-order valence-electron chi connectivity index (χ3n) is 10.1. The van der Waals surface area contributed by atoms with Crippen LogP contribution >= 0.6 is 0 Å². The molecule has 4 rings (SSSR count). The molecule has 4 aliphatic carbocycles. The summed E-state index contributed by atoms with van der Waals surface area (Å²) >= 11 is 0. The molecule has 0 amide bonds. The highest BCUT2D eigenvalue weighted by Crippen LogP contribution is 2.66. The first kappa shape index (κ1) is 19.0. The normalized spacial score (nSPS) is 53.3. The molecule has 0 aliphatic heterocycles. The molecule has 1 nitrogen and oxygen atoms in total. The molecule has 0 unspecified atom stereocenters. The summed E-state index contributed by atoms with van der Waals surface area (Å²) in [6.07, 6.45) is 18.0. The maximum atomic E-state index is 11.1. The lowest BCUT2D eigenvalue weighted by atomic mass is 9.43. The molecule has 4 fully saturated rings. The molecule has 1 heteroatoms. The molecule has 0 aromatic heterocycles. The molecule has 0 heterocycles. The van der Waals surface area contributed by atoms with Gasteiger partial charge in [0.15, 0.2) is 0 Å². The van der Waals surface area contributed by atoms with Crippen molar-refractivity contribution in [2.75, 3.05) is 0 Å². The number of hydrogen-bond acceptors (Lipinski definition) is 1. The second-order valence-corrected chi connectivity index (χ2v) is 11.0. The number of hydrogen-bond donors (Lipinski definition) is 1. The van der Waals surface area contributed by atoms with Gasteiger partial charge in [-0.05, 0) is 112 Å². The van der Waals surface area contributed by atoms with Crippen LogP contribution in [-0.2, 0) is 0 Å². The highest BCUT2D eigenvalue weighted by molar-refractivity contribution is 5.21. The smallest absolute Gasteiger partial charge is 0.0648 e. The fourth-order valence-electron chi connectivity index (χ4n) is 8.46. The minimum Gasteiger partial charge on any atom is -0.390 e. The molecular formula is C25H42O. The quantitative estimate of drug-likeness (QED) is 0.506. The van der Waals surface area contributed by atoms with Crippen LogP contribution in [0.25, 0.3) is 0 Å². The summed E-state index contributed by atoms with van der Waals surface area (Å²) in [6, 6.07) is 0. The zero-order valence-electron chi connectivity index (χ0n) is 17.8. The maximum Gasteiger partial charge on any atom is 0.0648 e. The minimum atomic E-state index is -0.374. The highest BCUT2D eigenvalue weighted by atomic mass is 16.3. The van der Waals surface area contributed by atoms with Crippen LogP contribution in [0.5, 0.6) is 0 Å². The van der Waals surface area contributed by atoms with E-state index in [0.29, 0.717) is 10.8 Å². The standard InChI is InChI=1S/C25H42O/c1-5-18-9-7-10-21-20-12-11-19-17-25(26,6-2)15-8-14-23(19,3)22(20)13-16-24(18,21)4/h5,19-22,26H,6-17H2,1-4H3/b18-5-/t19-,20-,21-,22-,23-,24+,25+/m0/s1. The van der Waals surface area contributed by atoms with Crippen molar-refractivity contribution in [3.05, 3.63) is 11.6 Å². The summed E-state index contributed by atoms with van der Waals surface area (Å²) in [5.74, 6) is 3.53. The molecule has 1 N–H and O–H groups in total. The summed E-state index contributed by atoms with van der Waals surface area (Å²) in [6.45, 7) is 9.73. The van der Waals surface area contributed by atoms with Crippen LogP contribution in [0.15, 0.2) is 11.6 Å². The zero-order valence-corrected chi connectivity index (χ0v) is 17.8. The van der Waals surface area contributed by atoms with Crippen LogP contribution in [0.1, 0.15) is 105 Å². The Kier molecular flexibility index (Phi) is 4.86. The molecule has 148 valence electrons. The van der Waals surface area contributed by atoms with Crippen molar-refractivity contribution in [3.63, 3.8) is 0 Å². The van der Waals surface area contributed by atoms with E-state index in [-0.39, 0.29) is 5.60 Å². The van der Waals surface area contributed by atoms with E-state index in [1.54, 1.807) is 5.57 Å². The Hall–Kier alpha value is -0.300. The van der Waals surface area contributed by atoms with Gasteiger partial charge in [0, 0.05) is 0 Å². The van der Waals surface area contributed by atoms with E-state index in [4.69, 9.17) is 0 Å². The first-order valence-corrected chi connectivity index (χ1v) is 11.7. The number of aliphatic hydroxyl groups is 1. The van der Waals surface area contributed by atoms with E-state index in [2.05, 4.69) is 33.8 Å². The van der Waals surface area contributed by atoms with Gasteiger partial charge < -0.3 is 5.11 Å². The number of allylic oxidation sites excluding steroid dienone is 2. The molecule has 0 saturated heterocycles. The predicted molar refractivity (Wildman–Crippen MR) is 110 cm³/mol. The molecule has 26 heavy (non-hydrogen) atoms. The monoisotopic (exact) mass is 358 g/mol. The fourth-order valence-corrected chi connectivity index (χ4v) is 8.46. The van der Waals surface area contributed by atoms with Crippen LogP contribution < -0.4 is 0 Å². The minimum absolute atomic E-state index is 0.374. The van der Waals surface area contributed by atoms with Crippen molar-refractivity contribution < 1.29 is 5.11 Å². The molecule has 7 atom stereocenters. The maximum absolute atomic E-state index is 11.1. The van der Waals surface area contributed by atoms with Gasteiger partial charge in [-0.2, -0.15) is 0 Å². The van der Waals surface area contributed by atoms with E-state index in [1.165, 1.54) is 57.8 Å². The van der Waals surface area contributed by atoms with E-state index in [9.17, 15) is 5.11 Å². The van der Waals surface area contributed by atoms with Crippen LogP contribution in [0.4, 0.5) is 0 Å². The van der Waals surface area contributed by atoms with E-state index in [1.807, 2.05) is 0 Å². The van der Waals surface area contributed by atoms with Crippen molar-refractivity contribution in [3.8, 4) is 0 Å². The first-order chi connectivity index (χ1) is 12.4. The predicted octanol–water partition coefficient (Wildman–Crippen LogP) is 6.90. The van der Waals surface area contributed by atoms with Crippen LogP contribution in [0, 0.1) is 34.5 Å². The van der Waals surface area contributed by atoms with Crippen molar-refractivity contribution >= 4 is 0 Å². The zero-order chi connectivity index (χ0) is 18.6.